The number of amides is 2. The number of anilines is 1. The van der Waals surface area contributed by atoms with Gasteiger partial charge in [-0.15, -0.1) is 0 Å². The number of primary amides is 1. The lowest BCUT2D eigenvalue weighted by molar-refractivity contribution is 0.0726. The first kappa shape index (κ1) is 29.6. The fourth-order valence-corrected chi connectivity index (χ4v) is 6.51. The highest BCUT2D eigenvalue weighted by molar-refractivity contribution is 6.06. The molecular weight excluding hydrogens is 530 g/mol. The van der Waals surface area contributed by atoms with E-state index in [1.54, 1.807) is 6.07 Å². The van der Waals surface area contributed by atoms with Crippen LogP contribution in [0.4, 0.5) is 10.5 Å². The van der Waals surface area contributed by atoms with E-state index < -0.39 is 5.91 Å². The summed E-state index contributed by atoms with van der Waals surface area (Å²) < 4.78 is 7.56. The van der Waals surface area contributed by atoms with Crippen LogP contribution in [0.2, 0.25) is 0 Å². The van der Waals surface area contributed by atoms with Gasteiger partial charge < -0.3 is 26.0 Å². The third kappa shape index (κ3) is 6.31. The number of nitrogens with one attached hydrogen (secondary N) is 2. The van der Waals surface area contributed by atoms with Crippen molar-refractivity contribution in [3.8, 4) is 11.1 Å². The molecule has 224 valence electrons. The molecule has 1 aromatic heterocycles. The van der Waals surface area contributed by atoms with E-state index in [0.717, 1.165) is 79.5 Å². The molecule has 2 aromatic carbocycles. The number of benzene rings is 2. The number of hydrogen-bond donors (Lipinski definition) is 3. The summed E-state index contributed by atoms with van der Waals surface area (Å²) in [6.07, 6.45) is 3.93. The largest absolute Gasteiger partial charge is 0.446 e. The van der Waals surface area contributed by atoms with Gasteiger partial charge >= 0.3 is 6.09 Å². The van der Waals surface area contributed by atoms with Gasteiger partial charge in [0.1, 0.15) is 6.10 Å². The lowest BCUT2D eigenvalue weighted by Gasteiger charge is -2.30. The second kappa shape index (κ2) is 13.0. The van der Waals surface area contributed by atoms with Crippen molar-refractivity contribution in [2.45, 2.75) is 71.4 Å². The Morgan fingerprint density at radius 3 is 2.50 bits per heavy atom. The third-order valence-electron chi connectivity index (χ3n) is 8.76. The van der Waals surface area contributed by atoms with E-state index in [4.69, 9.17) is 10.5 Å². The monoisotopic (exact) mass is 573 g/mol. The van der Waals surface area contributed by atoms with Crippen LogP contribution in [0.25, 0.3) is 22.0 Å². The molecule has 0 spiro atoms. The number of hydrogen-bond acceptors (Lipinski definition) is 6. The first-order chi connectivity index (χ1) is 20.3. The van der Waals surface area contributed by atoms with Crippen LogP contribution in [0.1, 0.15) is 73.7 Å². The van der Waals surface area contributed by atoms with Crippen LogP contribution < -0.4 is 16.4 Å². The van der Waals surface area contributed by atoms with Gasteiger partial charge in [-0.2, -0.15) is 0 Å². The number of para-hydroxylation sites is 1. The molecule has 0 saturated heterocycles. The minimum absolute atomic E-state index is 0.116. The number of fused-ring (bicyclic) bond motifs is 3. The van der Waals surface area contributed by atoms with Gasteiger partial charge in [0.25, 0.3) is 5.91 Å². The summed E-state index contributed by atoms with van der Waals surface area (Å²) >= 11 is 0. The SMILES string of the molecule is CCN(CC)CCNC(=O)OC1CCC(Nc2cc(-c3c4n(c5ccccc35)C(=O)CC(C)C4)ccc2C(N)=O)CC1. The average molecular weight is 574 g/mol. The van der Waals surface area contributed by atoms with Crippen molar-refractivity contribution >= 4 is 34.5 Å². The standard InChI is InChI=1S/C33H43N5O4/c1-4-37(5-2)17-16-35-33(41)42-24-13-11-23(12-14-24)36-27-20-22(10-15-25(27)32(34)40)31-26-8-6-7-9-28(26)38-29(31)18-21(3)19-30(38)39/h6-10,15,20-21,23-24,36H,4-5,11-14,16-19H2,1-3H3,(H2,34,40)(H,35,41). The molecule has 0 radical (unpaired) electrons. The molecule has 3 aromatic rings. The van der Waals surface area contributed by atoms with E-state index in [-0.39, 0.29) is 30.1 Å². The number of ether oxygens (including phenoxy) is 1. The second-order valence-corrected chi connectivity index (χ2v) is 11.7. The maximum atomic E-state index is 13.1. The highest BCUT2D eigenvalue weighted by Gasteiger charge is 2.30. The Labute approximate surface area is 247 Å². The number of nitrogens with two attached hydrogens (primary N) is 1. The van der Waals surface area contributed by atoms with E-state index in [9.17, 15) is 14.4 Å². The molecule has 9 heteroatoms. The van der Waals surface area contributed by atoms with Crippen molar-refractivity contribution in [2.75, 3.05) is 31.5 Å². The number of nitrogens with zero attached hydrogens (tertiary/aromatic N) is 2. The van der Waals surface area contributed by atoms with Crippen LogP contribution in [0.15, 0.2) is 42.5 Å². The molecule has 1 aliphatic carbocycles. The van der Waals surface area contributed by atoms with Crippen LogP contribution in [0.5, 0.6) is 0 Å². The zero-order valence-electron chi connectivity index (χ0n) is 24.9. The van der Waals surface area contributed by atoms with Gasteiger partial charge in [0.15, 0.2) is 0 Å². The van der Waals surface area contributed by atoms with Gasteiger partial charge in [0.05, 0.1) is 11.1 Å². The molecule has 2 heterocycles. The third-order valence-corrected chi connectivity index (χ3v) is 8.76. The van der Waals surface area contributed by atoms with E-state index >= 15 is 0 Å². The van der Waals surface area contributed by atoms with E-state index in [1.807, 2.05) is 34.9 Å². The van der Waals surface area contributed by atoms with Crippen molar-refractivity contribution in [2.24, 2.45) is 11.7 Å². The molecule has 2 amide bonds. The topological polar surface area (TPSA) is 119 Å². The van der Waals surface area contributed by atoms with E-state index in [2.05, 4.69) is 42.4 Å². The molecular formula is C33H43N5O4. The van der Waals surface area contributed by atoms with Crippen LogP contribution in [0, 0.1) is 5.92 Å². The smallest absolute Gasteiger partial charge is 0.407 e. The Hall–Kier alpha value is -3.85. The molecule has 1 fully saturated rings. The van der Waals surface area contributed by atoms with Crippen LogP contribution in [0.3, 0.4) is 0 Å². The predicted molar refractivity (Wildman–Crippen MR) is 166 cm³/mol. The normalized spacial score (nSPS) is 20.4. The summed E-state index contributed by atoms with van der Waals surface area (Å²) in [7, 11) is 0. The Balaban J connectivity index is 1.30. The molecule has 1 aliphatic heterocycles. The minimum Gasteiger partial charge on any atom is -0.446 e. The average Bonchev–Trinajstić information content (AvgIpc) is 3.30. The number of likely N-dealkylation sites (N-methyl/N-ethyl adjacent to an activating group) is 1. The van der Waals surface area contributed by atoms with Crippen molar-refractivity contribution in [3.63, 3.8) is 0 Å². The fourth-order valence-electron chi connectivity index (χ4n) is 6.51. The number of carbonyl (C=O) groups excluding carboxylic acids is 3. The quantitative estimate of drug-likeness (QED) is 0.298. The molecule has 1 unspecified atom stereocenters. The molecule has 1 atom stereocenters. The van der Waals surface area contributed by atoms with E-state index in [1.165, 1.54) is 0 Å². The Morgan fingerprint density at radius 1 is 1.05 bits per heavy atom. The summed E-state index contributed by atoms with van der Waals surface area (Å²) in [4.78, 5) is 40.0. The fraction of sp³-hybridized carbons (Fsp3) is 0.485. The zero-order valence-corrected chi connectivity index (χ0v) is 24.9. The van der Waals surface area contributed by atoms with E-state index in [0.29, 0.717) is 24.2 Å². The highest BCUT2D eigenvalue weighted by Crippen LogP contribution is 2.40. The van der Waals surface area contributed by atoms with Gasteiger partial charge in [0, 0.05) is 47.9 Å². The maximum Gasteiger partial charge on any atom is 0.407 e. The summed E-state index contributed by atoms with van der Waals surface area (Å²) in [5, 5.41) is 7.47. The number of aromatic nitrogens is 1. The second-order valence-electron chi connectivity index (χ2n) is 11.7. The minimum atomic E-state index is -0.491. The molecule has 1 saturated carbocycles. The van der Waals surface area contributed by atoms with Crippen molar-refractivity contribution in [1.82, 2.24) is 14.8 Å². The summed E-state index contributed by atoms with van der Waals surface area (Å²) in [6.45, 7) is 9.60. The van der Waals surface area contributed by atoms with Gasteiger partial charge in [-0.05, 0) is 74.9 Å². The summed E-state index contributed by atoms with van der Waals surface area (Å²) in [5.74, 6) is -0.109. The van der Waals surface area contributed by atoms with Crippen LogP contribution >= 0.6 is 0 Å². The summed E-state index contributed by atoms with van der Waals surface area (Å²) in [5.41, 5.74) is 10.8. The van der Waals surface area contributed by atoms with Gasteiger partial charge in [-0.3, -0.25) is 14.2 Å². The first-order valence-electron chi connectivity index (χ1n) is 15.3. The maximum absolute atomic E-state index is 13.1. The molecule has 2 aliphatic rings. The lowest BCUT2D eigenvalue weighted by atomic mass is 9.91. The van der Waals surface area contributed by atoms with Gasteiger partial charge in [-0.1, -0.05) is 45.0 Å². The molecule has 4 N–H and O–H groups in total. The molecule has 9 nitrogen and oxygen atoms in total. The van der Waals surface area contributed by atoms with Crippen molar-refractivity contribution in [1.29, 1.82) is 0 Å². The van der Waals surface area contributed by atoms with Gasteiger partial charge in [-0.25, -0.2) is 4.79 Å². The lowest BCUT2D eigenvalue weighted by Crippen LogP contribution is -2.38. The molecule has 0 bridgehead atoms. The van der Waals surface area contributed by atoms with Crippen molar-refractivity contribution < 1.29 is 19.1 Å². The van der Waals surface area contributed by atoms with Crippen LogP contribution in [-0.4, -0.2) is 65.7 Å². The first-order valence-corrected chi connectivity index (χ1v) is 15.3. The Morgan fingerprint density at radius 2 is 1.79 bits per heavy atom. The highest BCUT2D eigenvalue weighted by atomic mass is 16.6. The number of rotatable bonds is 10. The Bertz CT molecular complexity index is 1450. The summed E-state index contributed by atoms with van der Waals surface area (Å²) in [6, 6.07) is 13.8. The molecule has 42 heavy (non-hydrogen) atoms. The zero-order chi connectivity index (χ0) is 29.8. The van der Waals surface area contributed by atoms with Crippen molar-refractivity contribution in [3.05, 3.63) is 53.7 Å². The van der Waals surface area contributed by atoms with Crippen LogP contribution in [-0.2, 0) is 11.2 Å². The van der Waals surface area contributed by atoms with Gasteiger partial charge in [0.2, 0.25) is 5.91 Å². The predicted octanol–water partition coefficient (Wildman–Crippen LogP) is 5.42. The molecule has 5 rings (SSSR count). The number of alkyl carbamates (subject to hydrolysis) is 1. The number of carbonyl (C=O) groups is 3. The Kier molecular flexibility index (Phi) is 9.16.